The fourth-order valence-electron chi connectivity index (χ4n) is 4.15. The molecule has 148 valence electrons. The summed E-state index contributed by atoms with van der Waals surface area (Å²) >= 11 is 1.81. The molecule has 5 rings (SSSR count). The van der Waals surface area contributed by atoms with E-state index in [9.17, 15) is 0 Å². The van der Waals surface area contributed by atoms with Crippen LogP contribution in [0.3, 0.4) is 0 Å². The third kappa shape index (κ3) is 3.80. The molecule has 0 saturated carbocycles. The first-order chi connectivity index (χ1) is 14.2. The Morgan fingerprint density at radius 1 is 1.10 bits per heavy atom. The second-order valence-electron chi connectivity index (χ2n) is 7.96. The van der Waals surface area contributed by atoms with E-state index >= 15 is 0 Å². The highest BCUT2D eigenvalue weighted by Gasteiger charge is 2.27. The standard InChI is InChI=1S/C24H26N4S/c1-16-7-9-18(10-8-16)14-19-15-28(12-11-25-19)23-20-13-17(2)29-24(20)27-22-6-4-3-5-21(22)26-23/h3-10,13,19,25,27H,11-12,14-15H2,1-2H3/t19-/m0/s1. The number of aryl methyl sites for hydroxylation is 2. The molecule has 3 heterocycles. The van der Waals surface area contributed by atoms with Crippen LogP contribution in [0, 0.1) is 13.8 Å². The maximum atomic E-state index is 5.13. The lowest BCUT2D eigenvalue weighted by Gasteiger charge is -2.36. The van der Waals surface area contributed by atoms with Crippen LogP contribution < -0.4 is 10.6 Å². The van der Waals surface area contributed by atoms with Gasteiger partial charge in [-0.05, 0) is 44.0 Å². The zero-order valence-corrected chi connectivity index (χ0v) is 17.7. The monoisotopic (exact) mass is 402 g/mol. The fraction of sp³-hybridized carbons (Fsp3) is 0.292. The minimum atomic E-state index is 0.420. The molecule has 1 saturated heterocycles. The van der Waals surface area contributed by atoms with Crippen LogP contribution in [0.4, 0.5) is 16.4 Å². The average molecular weight is 403 g/mol. The van der Waals surface area contributed by atoms with E-state index < -0.39 is 0 Å². The number of hydrogen-bond donors (Lipinski definition) is 2. The van der Waals surface area contributed by atoms with Gasteiger partial charge in [0.1, 0.15) is 10.8 Å². The summed E-state index contributed by atoms with van der Waals surface area (Å²) in [6, 6.07) is 19.9. The molecule has 0 aliphatic carbocycles. The Bertz CT molecular complexity index is 1050. The Kier molecular flexibility index (Phi) is 4.86. The van der Waals surface area contributed by atoms with Gasteiger partial charge < -0.3 is 15.5 Å². The third-order valence-electron chi connectivity index (χ3n) is 5.63. The van der Waals surface area contributed by atoms with Gasteiger partial charge in [-0.3, -0.25) is 0 Å². The van der Waals surface area contributed by atoms with Gasteiger partial charge in [0.2, 0.25) is 0 Å². The van der Waals surface area contributed by atoms with Crippen molar-refractivity contribution in [2.45, 2.75) is 26.3 Å². The highest BCUT2D eigenvalue weighted by Crippen LogP contribution is 2.39. The van der Waals surface area contributed by atoms with Gasteiger partial charge in [-0.1, -0.05) is 42.0 Å². The highest BCUT2D eigenvalue weighted by atomic mass is 32.1. The van der Waals surface area contributed by atoms with Gasteiger partial charge in [-0.15, -0.1) is 11.3 Å². The number of piperazine rings is 1. The number of nitrogens with one attached hydrogen (secondary N) is 2. The Morgan fingerprint density at radius 2 is 1.93 bits per heavy atom. The van der Waals surface area contributed by atoms with E-state index in [4.69, 9.17) is 4.99 Å². The summed E-state index contributed by atoms with van der Waals surface area (Å²) in [5, 5.41) is 8.51. The van der Waals surface area contributed by atoms with Crippen molar-refractivity contribution >= 4 is 33.5 Å². The second-order valence-corrected chi connectivity index (χ2v) is 9.22. The number of nitrogens with zero attached hydrogens (tertiary/aromatic N) is 2. The molecule has 2 aliphatic heterocycles. The summed E-state index contributed by atoms with van der Waals surface area (Å²) in [7, 11) is 0. The third-order valence-corrected chi connectivity index (χ3v) is 6.60. The summed E-state index contributed by atoms with van der Waals surface area (Å²) in [6.07, 6.45) is 1.04. The molecule has 0 bridgehead atoms. The van der Waals surface area contributed by atoms with Crippen LogP contribution in [0.25, 0.3) is 0 Å². The lowest BCUT2D eigenvalue weighted by molar-refractivity contribution is 0.290. The first kappa shape index (κ1) is 18.4. The van der Waals surface area contributed by atoms with Crippen molar-refractivity contribution in [3.05, 3.63) is 76.2 Å². The Labute approximate surface area is 176 Å². The number of thiophene rings is 1. The first-order valence-electron chi connectivity index (χ1n) is 10.2. The van der Waals surface area contributed by atoms with Crippen molar-refractivity contribution in [1.82, 2.24) is 10.2 Å². The number of amidine groups is 1. The predicted octanol–water partition coefficient (Wildman–Crippen LogP) is 5.02. The SMILES string of the molecule is Cc1ccc(C[C@H]2CN(C3=Nc4ccccc4Nc4sc(C)cc43)CCN2)cc1. The largest absolute Gasteiger partial charge is 0.353 e. The van der Waals surface area contributed by atoms with Crippen LogP contribution in [-0.2, 0) is 6.42 Å². The van der Waals surface area contributed by atoms with E-state index in [0.717, 1.165) is 43.3 Å². The second kappa shape index (κ2) is 7.65. The van der Waals surface area contributed by atoms with E-state index in [1.807, 2.05) is 0 Å². The first-order valence-corrected chi connectivity index (χ1v) is 11.1. The molecule has 2 aromatic carbocycles. The van der Waals surface area contributed by atoms with Gasteiger partial charge in [0.25, 0.3) is 0 Å². The smallest absolute Gasteiger partial charge is 0.139 e. The van der Waals surface area contributed by atoms with Gasteiger partial charge in [0.05, 0.1) is 16.9 Å². The average Bonchev–Trinajstić information content (AvgIpc) is 3.01. The minimum absolute atomic E-state index is 0.420. The van der Waals surface area contributed by atoms with E-state index in [-0.39, 0.29) is 0 Å². The van der Waals surface area contributed by atoms with E-state index in [2.05, 4.69) is 84.0 Å². The number of fused-ring (bicyclic) bond motifs is 2. The van der Waals surface area contributed by atoms with Crippen LogP contribution in [0.15, 0.2) is 59.6 Å². The van der Waals surface area contributed by atoms with Crippen molar-refractivity contribution < 1.29 is 0 Å². The van der Waals surface area contributed by atoms with Gasteiger partial charge in [-0.2, -0.15) is 0 Å². The van der Waals surface area contributed by atoms with Crippen LogP contribution >= 0.6 is 11.3 Å². The summed E-state index contributed by atoms with van der Waals surface area (Å²) in [6.45, 7) is 7.22. The summed E-state index contributed by atoms with van der Waals surface area (Å²) in [5.41, 5.74) is 6.01. The quantitative estimate of drug-likeness (QED) is 0.632. The van der Waals surface area contributed by atoms with Crippen LogP contribution in [-0.4, -0.2) is 36.4 Å². The fourth-order valence-corrected chi connectivity index (χ4v) is 5.07. The maximum Gasteiger partial charge on any atom is 0.139 e. The normalized spacial score (nSPS) is 18.3. The molecule has 2 aliphatic rings. The predicted molar refractivity (Wildman–Crippen MR) is 123 cm³/mol. The minimum Gasteiger partial charge on any atom is -0.353 e. The molecular formula is C24H26N4S. The molecule has 1 fully saturated rings. The zero-order valence-electron chi connectivity index (χ0n) is 16.9. The van der Waals surface area contributed by atoms with E-state index in [0.29, 0.717) is 6.04 Å². The van der Waals surface area contributed by atoms with E-state index in [1.165, 1.54) is 26.6 Å². The molecule has 2 N–H and O–H groups in total. The molecule has 0 spiro atoms. The van der Waals surface area contributed by atoms with Crippen LogP contribution in [0.1, 0.15) is 21.6 Å². The number of para-hydroxylation sites is 2. The molecule has 4 nitrogen and oxygen atoms in total. The van der Waals surface area contributed by atoms with Crippen molar-refractivity contribution in [1.29, 1.82) is 0 Å². The molecule has 29 heavy (non-hydrogen) atoms. The van der Waals surface area contributed by atoms with Gasteiger partial charge in [-0.25, -0.2) is 4.99 Å². The number of aliphatic imine (C=N–C) groups is 1. The lowest BCUT2D eigenvalue weighted by atomic mass is 10.0. The molecule has 0 amide bonds. The molecule has 0 radical (unpaired) electrons. The van der Waals surface area contributed by atoms with Crippen LogP contribution in [0.2, 0.25) is 0 Å². The maximum absolute atomic E-state index is 5.13. The van der Waals surface area contributed by atoms with Crippen molar-refractivity contribution in [3.8, 4) is 0 Å². The number of benzene rings is 2. The number of hydrogen-bond acceptors (Lipinski definition) is 5. The molecule has 5 heteroatoms. The summed E-state index contributed by atoms with van der Waals surface area (Å²) < 4.78 is 0. The topological polar surface area (TPSA) is 39.7 Å². The summed E-state index contributed by atoms with van der Waals surface area (Å²) in [5.74, 6) is 1.09. The Balaban J connectivity index is 1.45. The summed E-state index contributed by atoms with van der Waals surface area (Å²) in [4.78, 5) is 8.90. The molecule has 3 aromatic rings. The van der Waals surface area contributed by atoms with Crippen molar-refractivity contribution in [2.24, 2.45) is 4.99 Å². The number of rotatable bonds is 2. The van der Waals surface area contributed by atoms with Crippen molar-refractivity contribution in [2.75, 3.05) is 25.0 Å². The van der Waals surface area contributed by atoms with E-state index in [1.54, 1.807) is 11.3 Å². The molecule has 1 aromatic heterocycles. The van der Waals surface area contributed by atoms with Gasteiger partial charge >= 0.3 is 0 Å². The molecule has 1 atom stereocenters. The van der Waals surface area contributed by atoms with Crippen LogP contribution in [0.5, 0.6) is 0 Å². The molecule has 0 unspecified atom stereocenters. The zero-order chi connectivity index (χ0) is 19.8. The lowest BCUT2D eigenvalue weighted by Crippen LogP contribution is -2.53. The highest BCUT2D eigenvalue weighted by molar-refractivity contribution is 7.16. The Morgan fingerprint density at radius 3 is 2.79 bits per heavy atom. The number of anilines is 2. The molecular weight excluding hydrogens is 376 g/mol. The van der Waals surface area contributed by atoms with Gasteiger partial charge in [0.15, 0.2) is 0 Å². The Hall–Kier alpha value is -2.63. The van der Waals surface area contributed by atoms with Crippen molar-refractivity contribution in [3.63, 3.8) is 0 Å². The van der Waals surface area contributed by atoms with Gasteiger partial charge in [0, 0.05) is 30.6 Å².